The van der Waals surface area contributed by atoms with Crippen LogP contribution in [0.5, 0.6) is 0 Å². The molecule has 1 nitrogen and oxygen atoms in total. The van der Waals surface area contributed by atoms with E-state index in [0.29, 0.717) is 0 Å². The van der Waals surface area contributed by atoms with Gasteiger partial charge in [0.25, 0.3) is 0 Å². The van der Waals surface area contributed by atoms with Crippen LogP contribution < -0.4 is 0 Å². The predicted octanol–water partition coefficient (Wildman–Crippen LogP) is 6.90. The molecule has 0 fully saturated rings. The smallest absolute Gasteiger partial charge is 0.118 e. The summed E-state index contributed by atoms with van der Waals surface area (Å²) < 4.78 is 5.78. The SMILES string of the molecule is CC/C(=C\C(OC)=C(/C)C(C)(CC)CC)C(C)(CC)CC. The summed E-state index contributed by atoms with van der Waals surface area (Å²) in [5.41, 5.74) is 3.41. The quantitative estimate of drug-likeness (QED) is 0.332. The van der Waals surface area contributed by atoms with E-state index < -0.39 is 0 Å². The lowest BCUT2D eigenvalue weighted by Gasteiger charge is -2.32. The van der Waals surface area contributed by atoms with E-state index in [2.05, 4.69) is 61.5 Å². The molecule has 0 amide bonds. The predicted molar refractivity (Wildman–Crippen MR) is 95.5 cm³/mol. The molecule has 1 heteroatoms. The molecule has 0 aromatic rings. The van der Waals surface area contributed by atoms with Crippen LogP contribution in [0, 0.1) is 10.8 Å². The van der Waals surface area contributed by atoms with Crippen molar-refractivity contribution >= 4 is 0 Å². The molecule has 0 unspecified atom stereocenters. The summed E-state index contributed by atoms with van der Waals surface area (Å²) in [7, 11) is 1.81. The highest BCUT2D eigenvalue weighted by molar-refractivity contribution is 5.29. The van der Waals surface area contributed by atoms with Gasteiger partial charge in [0.05, 0.1) is 7.11 Å². The molecule has 21 heavy (non-hydrogen) atoms. The minimum absolute atomic E-state index is 0.232. The summed E-state index contributed by atoms with van der Waals surface area (Å²) in [5.74, 6) is 1.08. The highest BCUT2D eigenvalue weighted by atomic mass is 16.5. The number of allylic oxidation sites excluding steroid dienone is 3. The molecule has 0 aromatic carbocycles. The maximum atomic E-state index is 5.78. The van der Waals surface area contributed by atoms with Crippen LogP contribution >= 0.6 is 0 Å². The van der Waals surface area contributed by atoms with Gasteiger partial charge < -0.3 is 4.74 Å². The fourth-order valence-corrected chi connectivity index (χ4v) is 2.96. The Morgan fingerprint density at radius 2 is 1.29 bits per heavy atom. The number of hydrogen-bond donors (Lipinski definition) is 0. The van der Waals surface area contributed by atoms with Crippen molar-refractivity contribution in [3.8, 4) is 0 Å². The fraction of sp³-hybridized carbons (Fsp3) is 0.800. The van der Waals surface area contributed by atoms with Gasteiger partial charge in [-0.1, -0.05) is 54.0 Å². The van der Waals surface area contributed by atoms with E-state index in [1.54, 1.807) is 0 Å². The minimum atomic E-state index is 0.232. The van der Waals surface area contributed by atoms with Crippen LogP contribution in [0.15, 0.2) is 23.0 Å². The summed E-state index contributed by atoms with van der Waals surface area (Å²) in [6.45, 7) is 18.3. The van der Waals surface area contributed by atoms with Crippen LogP contribution in [0.1, 0.15) is 87.5 Å². The Hall–Kier alpha value is -0.720. The van der Waals surface area contributed by atoms with Crippen molar-refractivity contribution in [2.24, 2.45) is 10.8 Å². The van der Waals surface area contributed by atoms with E-state index in [9.17, 15) is 0 Å². The second-order valence-corrected chi connectivity index (χ2v) is 6.75. The third-order valence-corrected chi connectivity index (χ3v) is 6.08. The van der Waals surface area contributed by atoms with Crippen molar-refractivity contribution in [1.82, 2.24) is 0 Å². The Labute approximate surface area is 133 Å². The van der Waals surface area contributed by atoms with Gasteiger partial charge in [0.15, 0.2) is 0 Å². The van der Waals surface area contributed by atoms with E-state index in [0.717, 1.165) is 25.0 Å². The zero-order valence-corrected chi connectivity index (χ0v) is 16.0. The highest BCUT2D eigenvalue weighted by Gasteiger charge is 2.27. The molecule has 0 rings (SSSR count). The largest absolute Gasteiger partial charge is 0.497 e. The molecule has 0 atom stereocenters. The Bertz CT molecular complexity index is 365. The molecule has 0 saturated heterocycles. The molecule has 0 aliphatic carbocycles. The summed E-state index contributed by atoms with van der Waals surface area (Å²) >= 11 is 0. The van der Waals surface area contributed by atoms with Crippen LogP contribution in [-0.4, -0.2) is 7.11 Å². The lowest BCUT2D eigenvalue weighted by molar-refractivity contribution is 0.271. The van der Waals surface area contributed by atoms with Crippen molar-refractivity contribution in [2.45, 2.75) is 87.5 Å². The lowest BCUT2D eigenvalue weighted by Crippen LogP contribution is -2.19. The molecular weight excluding hydrogens is 256 g/mol. The van der Waals surface area contributed by atoms with Crippen molar-refractivity contribution in [2.75, 3.05) is 7.11 Å². The van der Waals surface area contributed by atoms with Crippen LogP contribution in [0.4, 0.5) is 0 Å². The molecule has 0 spiro atoms. The fourth-order valence-electron chi connectivity index (χ4n) is 2.96. The second kappa shape index (κ2) is 8.66. The molecule has 0 aromatic heterocycles. The maximum absolute atomic E-state index is 5.78. The monoisotopic (exact) mass is 294 g/mol. The first-order chi connectivity index (χ1) is 9.78. The Morgan fingerprint density at radius 1 is 0.857 bits per heavy atom. The lowest BCUT2D eigenvalue weighted by atomic mass is 9.74. The molecular formula is C20H38O. The first-order valence-corrected chi connectivity index (χ1v) is 8.74. The number of rotatable bonds is 9. The van der Waals surface area contributed by atoms with E-state index in [-0.39, 0.29) is 10.8 Å². The molecule has 0 radical (unpaired) electrons. The van der Waals surface area contributed by atoms with Gasteiger partial charge in [0.2, 0.25) is 0 Å². The maximum Gasteiger partial charge on any atom is 0.118 e. The zero-order chi connectivity index (χ0) is 16.7. The standard InChI is InChI=1S/C20H38O/c1-10-17(20(8,13-4)14-5)15-18(21-9)16(6)19(7,11-2)12-3/h15H,10-14H2,1-9H3/b17-15+,18-16-. The van der Waals surface area contributed by atoms with Gasteiger partial charge >= 0.3 is 0 Å². The molecule has 0 N–H and O–H groups in total. The van der Waals surface area contributed by atoms with Gasteiger partial charge in [-0.25, -0.2) is 0 Å². The van der Waals surface area contributed by atoms with Crippen LogP contribution in [0.3, 0.4) is 0 Å². The van der Waals surface area contributed by atoms with Crippen molar-refractivity contribution in [1.29, 1.82) is 0 Å². The van der Waals surface area contributed by atoms with Crippen LogP contribution in [0.2, 0.25) is 0 Å². The zero-order valence-electron chi connectivity index (χ0n) is 16.0. The van der Waals surface area contributed by atoms with E-state index in [1.165, 1.54) is 24.0 Å². The van der Waals surface area contributed by atoms with Crippen LogP contribution in [-0.2, 0) is 4.74 Å². The third kappa shape index (κ3) is 4.63. The van der Waals surface area contributed by atoms with Crippen molar-refractivity contribution < 1.29 is 4.74 Å². The average Bonchev–Trinajstić information content (AvgIpc) is 2.53. The average molecular weight is 295 g/mol. The first kappa shape index (κ1) is 20.3. The summed E-state index contributed by atoms with van der Waals surface area (Å²) in [4.78, 5) is 0. The molecule has 0 heterocycles. The van der Waals surface area contributed by atoms with Gasteiger partial charge in [0, 0.05) is 0 Å². The van der Waals surface area contributed by atoms with Gasteiger partial charge in [0.1, 0.15) is 5.76 Å². The van der Waals surface area contributed by atoms with Crippen molar-refractivity contribution in [3.05, 3.63) is 23.0 Å². The second-order valence-electron chi connectivity index (χ2n) is 6.75. The van der Waals surface area contributed by atoms with Gasteiger partial charge in [-0.2, -0.15) is 0 Å². The van der Waals surface area contributed by atoms with E-state index >= 15 is 0 Å². The van der Waals surface area contributed by atoms with Gasteiger partial charge in [-0.05, 0) is 61.5 Å². The van der Waals surface area contributed by atoms with E-state index in [4.69, 9.17) is 4.74 Å². The Kier molecular flexibility index (Phi) is 8.36. The topological polar surface area (TPSA) is 9.23 Å². The van der Waals surface area contributed by atoms with Crippen LogP contribution in [0.25, 0.3) is 0 Å². The summed E-state index contributed by atoms with van der Waals surface area (Å²) in [6, 6.07) is 0. The summed E-state index contributed by atoms with van der Waals surface area (Å²) in [6.07, 6.45) is 8.07. The normalized spacial score (nSPS) is 15.0. The van der Waals surface area contributed by atoms with Gasteiger partial charge in [-0.3, -0.25) is 0 Å². The third-order valence-electron chi connectivity index (χ3n) is 6.08. The van der Waals surface area contributed by atoms with Crippen molar-refractivity contribution in [3.63, 3.8) is 0 Å². The molecule has 0 saturated carbocycles. The van der Waals surface area contributed by atoms with Gasteiger partial charge in [-0.15, -0.1) is 0 Å². The Balaban J connectivity index is 5.89. The number of hydrogen-bond acceptors (Lipinski definition) is 1. The first-order valence-electron chi connectivity index (χ1n) is 8.74. The molecule has 0 aliphatic rings. The molecule has 0 aliphatic heterocycles. The number of ether oxygens (including phenoxy) is 1. The molecule has 0 bridgehead atoms. The summed E-state index contributed by atoms with van der Waals surface area (Å²) in [5, 5.41) is 0. The Morgan fingerprint density at radius 3 is 1.57 bits per heavy atom. The molecule has 124 valence electrons. The van der Waals surface area contributed by atoms with E-state index in [1.807, 2.05) is 7.11 Å². The highest BCUT2D eigenvalue weighted by Crippen LogP contribution is 2.40. The minimum Gasteiger partial charge on any atom is -0.497 e. The number of methoxy groups -OCH3 is 1.